The first kappa shape index (κ1) is 9.79. The molecule has 0 saturated heterocycles. The normalized spacial score (nSPS) is 10.5. The molecule has 5 heteroatoms. The maximum Gasteiger partial charge on any atom is 0.252 e. The van der Waals surface area contributed by atoms with E-state index in [1.165, 1.54) is 0 Å². The molecule has 2 aromatic rings. The van der Waals surface area contributed by atoms with Gasteiger partial charge in [0.2, 0.25) is 5.82 Å². The first-order valence-electron chi connectivity index (χ1n) is 4.72. The standard InChI is InChI=1S/C10H11N3O2/c1-2-7-5-11-4-3-8(7)10-12-9(6-14)15-13-10/h3-5,14H,2,6H2,1H3. The van der Waals surface area contributed by atoms with Gasteiger partial charge in [-0.2, -0.15) is 4.98 Å². The lowest BCUT2D eigenvalue weighted by molar-refractivity contribution is 0.222. The molecule has 0 aliphatic heterocycles. The Kier molecular flexibility index (Phi) is 2.73. The number of aliphatic hydroxyl groups is 1. The summed E-state index contributed by atoms with van der Waals surface area (Å²) in [7, 11) is 0. The molecule has 0 aliphatic rings. The molecular weight excluding hydrogens is 194 g/mol. The Bertz CT molecular complexity index is 453. The highest BCUT2D eigenvalue weighted by Gasteiger charge is 2.10. The van der Waals surface area contributed by atoms with Crippen LogP contribution in [-0.2, 0) is 13.0 Å². The largest absolute Gasteiger partial charge is 0.387 e. The minimum absolute atomic E-state index is 0.226. The van der Waals surface area contributed by atoms with Crippen molar-refractivity contribution in [1.82, 2.24) is 15.1 Å². The van der Waals surface area contributed by atoms with Gasteiger partial charge in [-0.1, -0.05) is 12.1 Å². The Morgan fingerprint density at radius 3 is 3.00 bits per heavy atom. The number of pyridine rings is 1. The zero-order valence-corrected chi connectivity index (χ0v) is 8.34. The quantitative estimate of drug-likeness (QED) is 0.814. The Balaban J connectivity index is 2.44. The van der Waals surface area contributed by atoms with Crippen molar-refractivity contribution in [2.75, 3.05) is 0 Å². The molecule has 0 spiro atoms. The third-order valence-electron chi connectivity index (χ3n) is 2.13. The maximum atomic E-state index is 8.82. The Labute approximate surface area is 86.8 Å². The maximum absolute atomic E-state index is 8.82. The highest BCUT2D eigenvalue weighted by molar-refractivity contribution is 5.58. The Morgan fingerprint density at radius 2 is 2.33 bits per heavy atom. The highest BCUT2D eigenvalue weighted by Crippen LogP contribution is 2.20. The third-order valence-corrected chi connectivity index (χ3v) is 2.13. The Morgan fingerprint density at radius 1 is 1.47 bits per heavy atom. The van der Waals surface area contributed by atoms with Crippen LogP contribution >= 0.6 is 0 Å². The van der Waals surface area contributed by atoms with Gasteiger partial charge in [0.15, 0.2) is 0 Å². The van der Waals surface area contributed by atoms with E-state index < -0.39 is 0 Å². The van der Waals surface area contributed by atoms with Crippen molar-refractivity contribution < 1.29 is 9.63 Å². The molecule has 78 valence electrons. The number of nitrogens with zero attached hydrogens (tertiary/aromatic N) is 3. The van der Waals surface area contributed by atoms with Gasteiger partial charge in [0.05, 0.1) is 0 Å². The van der Waals surface area contributed by atoms with Gasteiger partial charge in [0, 0.05) is 18.0 Å². The van der Waals surface area contributed by atoms with Crippen molar-refractivity contribution in [2.24, 2.45) is 0 Å². The summed E-state index contributed by atoms with van der Waals surface area (Å²) in [6.45, 7) is 1.80. The van der Waals surface area contributed by atoms with E-state index in [1.807, 2.05) is 13.0 Å². The van der Waals surface area contributed by atoms with E-state index in [-0.39, 0.29) is 12.5 Å². The van der Waals surface area contributed by atoms with E-state index in [9.17, 15) is 0 Å². The summed E-state index contributed by atoms with van der Waals surface area (Å²) >= 11 is 0. The fourth-order valence-corrected chi connectivity index (χ4v) is 1.36. The molecule has 0 bridgehead atoms. The van der Waals surface area contributed by atoms with Crippen LogP contribution in [0.2, 0.25) is 0 Å². The molecule has 2 heterocycles. The second-order valence-corrected chi connectivity index (χ2v) is 3.06. The van der Waals surface area contributed by atoms with Crippen LogP contribution in [0.3, 0.4) is 0 Å². The van der Waals surface area contributed by atoms with Gasteiger partial charge in [0.1, 0.15) is 6.61 Å². The van der Waals surface area contributed by atoms with Crippen LogP contribution in [0.5, 0.6) is 0 Å². The molecule has 2 aromatic heterocycles. The summed E-state index contributed by atoms with van der Waals surface area (Å²) < 4.78 is 4.84. The van der Waals surface area contributed by atoms with Crippen LogP contribution in [0.1, 0.15) is 18.4 Å². The molecule has 1 N–H and O–H groups in total. The fraction of sp³-hybridized carbons (Fsp3) is 0.300. The monoisotopic (exact) mass is 205 g/mol. The number of aromatic nitrogens is 3. The molecule has 0 saturated carbocycles. The van der Waals surface area contributed by atoms with Crippen molar-refractivity contribution in [3.63, 3.8) is 0 Å². The van der Waals surface area contributed by atoms with Gasteiger partial charge in [-0.3, -0.25) is 4.98 Å². The van der Waals surface area contributed by atoms with E-state index >= 15 is 0 Å². The topological polar surface area (TPSA) is 72.0 Å². The van der Waals surface area contributed by atoms with Crippen LogP contribution in [0.25, 0.3) is 11.4 Å². The van der Waals surface area contributed by atoms with E-state index in [1.54, 1.807) is 12.4 Å². The minimum atomic E-state index is -0.237. The molecule has 0 fully saturated rings. The zero-order valence-electron chi connectivity index (χ0n) is 8.34. The van der Waals surface area contributed by atoms with Gasteiger partial charge in [-0.15, -0.1) is 0 Å². The first-order chi connectivity index (χ1) is 7.35. The predicted molar refractivity (Wildman–Crippen MR) is 52.8 cm³/mol. The molecule has 0 unspecified atom stereocenters. The predicted octanol–water partition coefficient (Wildman–Crippen LogP) is 1.19. The van der Waals surface area contributed by atoms with Crippen LogP contribution in [0.15, 0.2) is 23.0 Å². The van der Waals surface area contributed by atoms with Crippen molar-refractivity contribution in [3.8, 4) is 11.4 Å². The average Bonchev–Trinajstić information content (AvgIpc) is 2.77. The second kappa shape index (κ2) is 4.18. The second-order valence-electron chi connectivity index (χ2n) is 3.06. The zero-order chi connectivity index (χ0) is 10.7. The van der Waals surface area contributed by atoms with E-state index in [0.29, 0.717) is 5.82 Å². The summed E-state index contributed by atoms with van der Waals surface area (Å²) in [5.41, 5.74) is 1.96. The molecule has 0 amide bonds. The molecule has 5 nitrogen and oxygen atoms in total. The lowest BCUT2D eigenvalue weighted by atomic mass is 10.1. The van der Waals surface area contributed by atoms with E-state index in [2.05, 4.69) is 15.1 Å². The molecule has 0 aliphatic carbocycles. The summed E-state index contributed by atoms with van der Waals surface area (Å²) in [5.74, 6) is 0.724. The van der Waals surface area contributed by atoms with Gasteiger partial charge in [-0.25, -0.2) is 0 Å². The third kappa shape index (κ3) is 1.87. The van der Waals surface area contributed by atoms with Gasteiger partial charge < -0.3 is 9.63 Å². The lowest BCUT2D eigenvalue weighted by Crippen LogP contribution is -1.91. The number of aryl methyl sites for hydroxylation is 1. The Hall–Kier alpha value is -1.75. The molecule has 0 radical (unpaired) electrons. The van der Waals surface area contributed by atoms with Crippen molar-refractivity contribution >= 4 is 0 Å². The SMILES string of the molecule is CCc1cnccc1-c1noc(CO)n1. The van der Waals surface area contributed by atoms with Gasteiger partial charge in [0.25, 0.3) is 5.89 Å². The molecule has 15 heavy (non-hydrogen) atoms. The van der Waals surface area contributed by atoms with E-state index in [0.717, 1.165) is 17.5 Å². The first-order valence-corrected chi connectivity index (χ1v) is 4.72. The van der Waals surface area contributed by atoms with Crippen molar-refractivity contribution in [3.05, 3.63) is 29.9 Å². The highest BCUT2D eigenvalue weighted by atomic mass is 16.5. The van der Waals surface area contributed by atoms with Crippen LogP contribution in [0.4, 0.5) is 0 Å². The lowest BCUT2D eigenvalue weighted by Gasteiger charge is -2.00. The van der Waals surface area contributed by atoms with Crippen molar-refractivity contribution in [2.45, 2.75) is 20.0 Å². The summed E-state index contributed by atoms with van der Waals surface area (Å²) in [5, 5.41) is 12.6. The number of rotatable bonds is 3. The summed E-state index contributed by atoms with van der Waals surface area (Å²) in [6.07, 6.45) is 4.32. The molecular formula is C10H11N3O2. The number of hydrogen-bond donors (Lipinski definition) is 1. The summed E-state index contributed by atoms with van der Waals surface area (Å²) in [6, 6.07) is 1.84. The smallest absolute Gasteiger partial charge is 0.252 e. The molecule has 0 aromatic carbocycles. The van der Waals surface area contributed by atoms with E-state index in [4.69, 9.17) is 9.63 Å². The van der Waals surface area contributed by atoms with Crippen LogP contribution in [-0.4, -0.2) is 20.2 Å². The van der Waals surface area contributed by atoms with Gasteiger partial charge in [-0.05, 0) is 18.1 Å². The fourth-order valence-electron chi connectivity index (χ4n) is 1.36. The minimum Gasteiger partial charge on any atom is -0.387 e. The molecule has 0 atom stereocenters. The molecule has 2 rings (SSSR count). The van der Waals surface area contributed by atoms with Gasteiger partial charge >= 0.3 is 0 Å². The summed E-state index contributed by atoms with van der Waals surface area (Å²) in [4.78, 5) is 8.09. The number of hydrogen-bond acceptors (Lipinski definition) is 5. The number of aliphatic hydroxyl groups excluding tert-OH is 1. The average molecular weight is 205 g/mol. The van der Waals surface area contributed by atoms with Crippen LogP contribution in [0, 0.1) is 0 Å². The van der Waals surface area contributed by atoms with Crippen LogP contribution < -0.4 is 0 Å². The van der Waals surface area contributed by atoms with Crippen molar-refractivity contribution in [1.29, 1.82) is 0 Å².